The third-order valence-electron chi connectivity index (χ3n) is 4.09. The molecule has 1 N–H and O–H groups in total. The molecule has 0 spiro atoms. The van der Waals surface area contributed by atoms with Gasteiger partial charge in [-0.15, -0.1) is 0 Å². The second-order valence-electron chi connectivity index (χ2n) is 5.56. The predicted octanol–water partition coefficient (Wildman–Crippen LogP) is 2.21. The molecule has 2 rings (SSSR count). The average Bonchev–Trinajstić information content (AvgIpc) is 2.92. The fourth-order valence-corrected chi connectivity index (χ4v) is 2.85. The highest BCUT2D eigenvalue weighted by molar-refractivity contribution is 5.92. The lowest BCUT2D eigenvalue weighted by Gasteiger charge is -2.32. The highest BCUT2D eigenvalue weighted by Crippen LogP contribution is 2.21. The fraction of sp³-hybridized carbons (Fsp3) is 0.667. The van der Waals surface area contributed by atoms with Crippen molar-refractivity contribution in [3.05, 3.63) is 24.0 Å². The first kappa shape index (κ1) is 15.9. The standard InChI is InChI=1S/C15H23F2N3O/c1-18-7-4-12-5-9-19(10-6-12)15(21)13-3-2-8-20(13)11-14(16)17/h2-3,8,12,14,18H,4-7,9-11H2,1H3. The van der Waals surface area contributed by atoms with Gasteiger partial charge in [0.05, 0.1) is 6.54 Å². The molecule has 1 amide bonds. The summed E-state index contributed by atoms with van der Waals surface area (Å²) < 4.78 is 26.4. The van der Waals surface area contributed by atoms with Gasteiger partial charge < -0.3 is 14.8 Å². The van der Waals surface area contributed by atoms with Crippen LogP contribution in [0.3, 0.4) is 0 Å². The molecule has 0 unspecified atom stereocenters. The molecule has 1 fully saturated rings. The Morgan fingerprint density at radius 2 is 2.14 bits per heavy atom. The SMILES string of the molecule is CNCCC1CCN(C(=O)c2cccn2CC(F)F)CC1. The van der Waals surface area contributed by atoms with Crippen molar-refractivity contribution in [1.29, 1.82) is 0 Å². The summed E-state index contributed by atoms with van der Waals surface area (Å²) in [5.41, 5.74) is 0.365. The molecule has 118 valence electrons. The van der Waals surface area contributed by atoms with Gasteiger partial charge in [-0.25, -0.2) is 8.78 Å². The van der Waals surface area contributed by atoms with Crippen molar-refractivity contribution in [1.82, 2.24) is 14.8 Å². The molecule has 1 aromatic heterocycles. The van der Waals surface area contributed by atoms with E-state index in [0.29, 0.717) is 24.7 Å². The van der Waals surface area contributed by atoms with E-state index >= 15 is 0 Å². The van der Waals surface area contributed by atoms with E-state index < -0.39 is 13.0 Å². The van der Waals surface area contributed by atoms with Crippen LogP contribution in [0.15, 0.2) is 18.3 Å². The van der Waals surface area contributed by atoms with Gasteiger partial charge in [0.2, 0.25) is 0 Å². The Labute approximate surface area is 124 Å². The summed E-state index contributed by atoms with van der Waals surface area (Å²) in [6, 6.07) is 3.27. The van der Waals surface area contributed by atoms with Gasteiger partial charge in [0.25, 0.3) is 12.3 Å². The number of halogens is 2. The number of hydrogen-bond donors (Lipinski definition) is 1. The minimum atomic E-state index is -2.45. The lowest BCUT2D eigenvalue weighted by Crippen LogP contribution is -2.39. The average molecular weight is 299 g/mol. The number of hydrogen-bond acceptors (Lipinski definition) is 2. The van der Waals surface area contributed by atoms with Gasteiger partial charge in [-0.05, 0) is 50.9 Å². The number of carbonyl (C=O) groups is 1. The molecule has 0 aromatic carbocycles. The second kappa shape index (κ2) is 7.54. The van der Waals surface area contributed by atoms with Crippen LogP contribution in [0.4, 0.5) is 8.78 Å². The Morgan fingerprint density at radius 3 is 2.76 bits per heavy atom. The molecule has 0 aliphatic carbocycles. The minimum absolute atomic E-state index is 0.132. The first-order chi connectivity index (χ1) is 10.1. The van der Waals surface area contributed by atoms with Crippen LogP contribution in [0, 0.1) is 5.92 Å². The summed E-state index contributed by atoms with van der Waals surface area (Å²) in [5, 5.41) is 3.14. The summed E-state index contributed by atoms with van der Waals surface area (Å²) in [4.78, 5) is 14.2. The van der Waals surface area contributed by atoms with E-state index in [0.717, 1.165) is 25.8 Å². The van der Waals surface area contributed by atoms with Crippen molar-refractivity contribution in [2.45, 2.75) is 32.2 Å². The number of piperidine rings is 1. The number of carbonyl (C=O) groups excluding carboxylic acids is 1. The monoisotopic (exact) mass is 299 g/mol. The first-order valence-corrected chi connectivity index (χ1v) is 7.49. The normalized spacial score (nSPS) is 16.7. The van der Waals surface area contributed by atoms with Crippen LogP contribution in [0.1, 0.15) is 29.8 Å². The molecular formula is C15H23F2N3O. The van der Waals surface area contributed by atoms with Crippen molar-refractivity contribution in [2.75, 3.05) is 26.7 Å². The minimum Gasteiger partial charge on any atom is -0.338 e. The van der Waals surface area contributed by atoms with Crippen molar-refractivity contribution in [3.63, 3.8) is 0 Å². The Balaban J connectivity index is 1.91. The zero-order chi connectivity index (χ0) is 15.2. The molecule has 6 heteroatoms. The molecule has 4 nitrogen and oxygen atoms in total. The Bertz CT molecular complexity index is 454. The number of aromatic nitrogens is 1. The van der Waals surface area contributed by atoms with E-state index in [4.69, 9.17) is 0 Å². The Morgan fingerprint density at radius 1 is 1.43 bits per heavy atom. The van der Waals surface area contributed by atoms with Crippen LogP contribution in [-0.4, -0.2) is 48.5 Å². The maximum atomic E-state index is 12.5. The van der Waals surface area contributed by atoms with Gasteiger partial charge >= 0.3 is 0 Å². The zero-order valence-corrected chi connectivity index (χ0v) is 12.4. The number of likely N-dealkylation sites (tertiary alicyclic amines) is 1. The van der Waals surface area contributed by atoms with E-state index in [9.17, 15) is 13.6 Å². The van der Waals surface area contributed by atoms with E-state index in [1.165, 1.54) is 4.57 Å². The third kappa shape index (κ3) is 4.27. The lowest BCUT2D eigenvalue weighted by molar-refractivity contribution is 0.0667. The summed E-state index contributed by atoms with van der Waals surface area (Å²) >= 11 is 0. The van der Waals surface area contributed by atoms with Crippen LogP contribution in [0.25, 0.3) is 0 Å². The highest BCUT2D eigenvalue weighted by Gasteiger charge is 2.25. The lowest BCUT2D eigenvalue weighted by atomic mass is 9.93. The number of nitrogens with one attached hydrogen (secondary N) is 1. The van der Waals surface area contributed by atoms with Crippen LogP contribution in [0.2, 0.25) is 0 Å². The van der Waals surface area contributed by atoms with Crippen LogP contribution >= 0.6 is 0 Å². The molecule has 0 atom stereocenters. The Kier molecular flexibility index (Phi) is 5.73. The smallest absolute Gasteiger partial charge is 0.270 e. The number of amides is 1. The second-order valence-corrected chi connectivity index (χ2v) is 5.56. The van der Waals surface area contributed by atoms with Crippen LogP contribution < -0.4 is 5.32 Å². The number of alkyl halides is 2. The maximum absolute atomic E-state index is 12.5. The largest absolute Gasteiger partial charge is 0.338 e. The van der Waals surface area contributed by atoms with Crippen molar-refractivity contribution in [3.8, 4) is 0 Å². The van der Waals surface area contributed by atoms with E-state index in [1.807, 2.05) is 7.05 Å². The van der Waals surface area contributed by atoms with Gasteiger partial charge in [0, 0.05) is 19.3 Å². The molecule has 1 saturated heterocycles. The van der Waals surface area contributed by atoms with Gasteiger partial charge in [-0.3, -0.25) is 4.79 Å². The molecule has 1 aromatic rings. The first-order valence-electron chi connectivity index (χ1n) is 7.49. The molecule has 2 heterocycles. The molecule has 1 aliphatic rings. The summed E-state index contributed by atoms with van der Waals surface area (Å²) in [6.07, 6.45) is 2.20. The van der Waals surface area contributed by atoms with Crippen molar-refractivity contribution >= 4 is 5.91 Å². The summed E-state index contributed by atoms with van der Waals surface area (Å²) in [7, 11) is 1.94. The van der Waals surface area contributed by atoms with E-state index in [2.05, 4.69) is 5.32 Å². The van der Waals surface area contributed by atoms with Gasteiger partial charge in [0.1, 0.15) is 5.69 Å². The topological polar surface area (TPSA) is 37.3 Å². The van der Waals surface area contributed by atoms with Crippen molar-refractivity contribution < 1.29 is 13.6 Å². The molecule has 0 radical (unpaired) electrons. The molecule has 0 saturated carbocycles. The molecular weight excluding hydrogens is 276 g/mol. The summed E-state index contributed by atoms with van der Waals surface area (Å²) in [6.45, 7) is 2.00. The Hall–Kier alpha value is -1.43. The van der Waals surface area contributed by atoms with Gasteiger partial charge in [-0.1, -0.05) is 0 Å². The number of nitrogens with zero attached hydrogens (tertiary/aromatic N) is 2. The van der Waals surface area contributed by atoms with Gasteiger partial charge in [0.15, 0.2) is 0 Å². The molecule has 0 bridgehead atoms. The van der Waals surface area contributed by atoms with Crippen LogP contribution in [0.5, 0.6) is 0 Å². The number of rotatable bonds is 6. The maximum Gasteiger partial charge on any atom is 0.270 e. The zero-order valence-electron chi connectivity index (χ0n) is 12.4. The van der Waals surface area contributed by atoms with Crippen molar-refractivity contribution in [2.24, 2.45) is 5.92 Å². The quantitative estimate of drug-likeness (QED) is 0.874. The fourth-order valence-electron chi connectivity index (χ4n) is 2.85. The van der Waals surface area contributed by atoms with E-state index in [-0.39, 0.29) is 5.91 Å². The van der Waals surface area contributed by atoms with E-state index in [1.54, 1.807) is 23.2 Å². The highest BCUT2D eigenvalue weighted by atomic mass is 19.3. The predicted molar refractivity (Wildman–Crippen MR) is 77.6 cm³/mol. The van der Waals surface area contributed by atoms with Crippen LogP contribution in [-0.2, 0) is 6.54 Å². The molecule has 21 heavy (non-hydrogen) atoms. The van der Waals surface area contributed by atoms with Gasteiger partial charge in [-0.2, -0.15) is 0 Å². The third-order valence-corrected chi connectivity index (χ3v) is 4.09. The summed E-state index contributed by atoms with van der Waals surface area (Å²) in [5.74, 6) is 0.516. The molecule has 1 aliphatic heterocycles.